The van der Waals surface area contributed by atoms with Crippen LogP contribution in [0.25, 0.3) is 16.7 Å². The number of hydrogen-bond donors (Lipinski definition) is 0. The summed E-state index contributed by atoms with van der Waals surface area (Å²) < 4.78 is 15.4. The molecule has 0 N–H and O–H groups in total. The Morgan fingerprint density at radius 2 is 1.90 bits per heavy atom. The van der Waals surface area contributed by atoms with Gasteiger partial charge in [-0.25, -0.2) is 9.37 Å². The number of rotatable bonds is 2. The Hall–Kier alpha value is -1.29. The lowest BCUT2D eigenvalue weighted by molar-refractivity contribution is 0.627. The molecule has 6 heteroatoms. The summed E-state index contributed by atoms with van der Waals surface area (Å²) in [6.07, 6.45) is 0. The molecule has 0 saturated carbocycles. The number of alkyl halides is 1. The molecule has 0 bridgehead atoms. The predicted molar refractivity (Wildman–Crippen MR) is 80.6 cm³/mol. The van der Waals surface area contributed by atoms with Crippen LogP contribution in [0.15, 0.2) is 36.4 Å². The largest absolute Gasteiger partial charge is 0.295 e. The third kappa shape index (κ3) is 2.26. The van der Waals surface area contributed by atoms with Crippen molar-refractivity contribution < 1.29 is 4.39 Å². The van der Waals surface area contributed by atoms with Crippen LogP contribution in [0.1, 0.15) is 5.82 Å². The highest BCUT2D eigenvalue weighted by Crippen LogP contribution is 2.27. The molecule has 0 aliphatic carbocycles. The molecule has 2 aromatic carbocycles. The van der Waals surface area contributed by atoms with Crippen LogP contribution < -0.4 is 0 Å². The fraction of sp³-hybridized carbons (Fsp3) is 0.0714. The first-order chi connectivity index (χ1) is 9.60. The average molecular weight is 330 g/mol. The van der Waals surface area contributed by atoms with Gasteiger partial charge in [0.25, 0.3) is 0 Å². The molecule has 102 valence electrons. The van der Waals surface area contributed by atoms with Crippen LogP contribution >= 0.6 is 34.8 Å². The van der Waals surface area contributed by atoms with Gasteiger partial charge in [0.2, 0.25) is 0 Å². The topological polar surface area (TPSA) is 17.8 Å². The maximum atomic E-state index is 13.7. The first kappa shape index (κ1) is 13.7. The Morgan fingerprint density at radius 1 is 1.10 bits per heavy atom. The van der Waals surface area contributed by atoms with Crippen molar-refractivity contribution in [3.63, 3.8) is 0 Å². The van der Waals surface area contributed by atoms with Gasteiger partial charge in [-0.1, -0.05) is 23.2 Å². The SMILES string of the molecule is Fc1cc(-n2c(CCl)nc3ccc(Cl)cc32)ccc1Cl. The number of benzene rings is 2. The van der Waals surface area contributed by atoms with Gasteiger partial charge in [-0.3, -0.25) is 4.57 Å². The zero-order valence-corrected chi connectivity index (χ0v) is 12.3. The lowest BCUT2D eigenvalue weighted by Crippen LogP contribution is -2.00. The number of hydrogen-bond acceptors (Lipinski definition) is 1. The quantitative estimate of drug-likeness (QED) is 0.590. The molecule has 0 aliphatic heterocycles. The maximum absolute atomic E-state index is 13.7. The van der Waals surface area contributed by atoms with Crippen molar-refractivity contribution >= 4 is 45.8 Å². The first-order valence-electron chi connectivity index (χ1n) is 5.78. The van der Waals surface area contributed by atoms with Gasteiger partial charge in [-0.2, -0.15) is 0 Å². The van der Waals surface area contributed by atoms with Crippen molar-refractivity contribution in [2.24, 2.45) is 0 Å². The van der Waals surface area contributed by atoms with Crippen molar-refractivity contribution in [3.05, 3.63) is 58.1 Å². The molecule has 0 unspecified atom stereocenters. The van der Waals surface area contributed by atoms with E-state index in [9.17, 15) is 4.39 Å². The molecular weight excluding hydrogens is 322 g/mol. The van der Waals surface area contributed by atoms with E-state index in [4.69, 9.17) is 34.8 Å². The zero-order valence-electron chi connectivity index (χ0n) is 10.1. The highest BCUT2D eigenvalue weighted by Gasteiger charge is 2.13. The minimum atomic E-state index is -0.492. The summed E-state index contributed by atoms with van der Waals surface area (Å²) in [5.41, 5.74) is 2.13. The molecule has 3 aromatic rings. The Labute approximate surface area is 129 Å². The van der Waals surface area contributed by atoms with E-state index in [1.807, 2.05) is 0 Å². The molecule has 20 heavy (non-hydrogen) atoms. The molecule has 1 heterocycles. The van der Waals surface area contributed by atoms with Gasteiger partial charge in [-0.15, -0.1) is 11.6 Å². The van der Waals surface area contributed by atoms with Crippen LogP contribution in [0.4, 0.5) is 4.39 Å². The van der Waals surface area contributed by atoms with Crippen LogP contribution in [0.5, 0.6) is 0 Å². The Kier molecular flexibility index (Phi) is 3.59. The molecule has 0 spiro atoms. The maximum Gasteiger partial charge on any atom is 0.143 e. The molecule has 0 saturated heterocycles. The number of fused-ring (bicyclic) bond motifs is 1. The summed E-state index contributed by atoms with van der Waals surface area (Å²) in [4.78, 5) is 4.42. The molecule has 0 atom stereocenters. The summed E-state index contributed by atoms with van der Waals surface area (Å²) in [7, 11) is 0. The van der Waals surface area contributed by atoms with Crippen molar-refractivity contribution in [2.75, 3.05) is 0 Å². The van der Waals surface area contributed by atoms with E-state index < -0.39 is 5.82 Å². The molecule has 1 aromatic heterocycles. The molecular formula is C14H8Cl3FN2. The highest BCUT2D eigenvalue weighted by molar-refractivity contribution is 6.31. The van der Waals surface area contributed by atoms with Crippen molar-refractivity contribution in [1.29, 1.82) is 0 Å². The third-order valence-corrected chi connectivity index (χ3v) is 3.75. The van der Waals surface area contributed by atoms with Crippen LogP contribution in [0.3, 0.4) is 0 Å². The summed E-state index contributed by atoms with van der Waals surface area (Å²) in [5, 5.41) is 0.651. The van der Waals surface area contributed by atoms with Crippen LogP contribution in [0.2, 0.25) is 10.0 Å². The van der Waals surface area contributed by atoms with Crippen LogP contribution in [0, 0.1) is 5.82 Å². The van der Waals surface area contributed by atoms with E-state index >= 15 is 0 Å². The van der Waals surface area contributed by atoms with Gasteiger partial charge in [0, 0.05) is 5.02 Å². The fourth-order valence-corrected chi connectivity index (χ4v) is 2.56. The number of halogens is 4. The van der Waals surface area contributed by atoms with Gasteiger partial charge in [0.15, 0.2) is 0 Å². The van der Waals surface area contributed by atoms with Gasteiger partial charge < -0.3 is 0 Å². The second kappa shape index (κ2) is 5.24. The molecule has 0 fully saturated rings. The van der Waals surface area contributed by atoms with Gasteiger partial charge in [0.05, 0.1) is 27.6 Å². The molecule has 0 amide bonds. The van der Waals surface area contributed by atoms with Gasteiger partial charge in [0.1, 0.15) is 11.6 Å². The number of aromatic nitrogens is 2. The van der Waals surface area contributed by atoms with Crippen molar-refractivity contribution in [2.45, 2.75) is 5.88 Å². The lowest BCUT2D eigenvalue weighted by atomic mass is 10.2. The molecule has 0 aliphatic rings. The van der Waals surface area contributed by atoms with Crippen LogP contribution in [-0.4, -0.2) is 9.55 Å². The Morgan fingerprint density at radius 3 is 2.60 bits per heavy atom. The third-order valence-electron chi connectivity index (χ3n) is 2.97. The average Bonchev–Trinajstić information content (AvgIpc) is 2.79. The summed E-state index contributed by atoms with van der Waals surface area (Å²) in [5.74, 6) is 0.329. The Bertz CT molecular complexity index is 798. The van der Waals surface area contributed by atoms with Crippen molar-refractivity contribution in [3.8, 4) is 5.69 Å². The van der Waals surface area contributed by atoms with Crippen LogP contribution in [-0.2, 0) is 5.88 Å². The van der Waals surface area contributed by atoms with E-state index in [0.717, 1.165) is 11.0 Å². The minimum Gasteiger partial charge on any atom is -0.295 e. The van der Waals surface area contributed by atoms with E-state index in [2.05, 4.69) is 4.98 Å². The molecule has 2 nitrogen and oxygen atoms in total. The predicted octanol–water partition coefficient (Wildman–Crippen LogP) is 5.21. The van der Waals surface area contributed by atoms with E-state index in [0.29, 0.717) is 16.5 Å². The van der Waals surface area contributed by atoms with E-state index in [1.165, 1.54) is 12.1 Å². The summed E-state index contributed by atoms with van der Waals surface area (Å²) in [6, 6.07) is 9.88. The minimum absolute atomic E-state index is 0.0728. The van der Waals surface area contributed by atoms with E-state index in [-0.39, 0.29) is 10.9 Å². The zero-order chi connectivity index (χ0) is 14.3. The van der Waals surface area contributed by atoms with E-state index in [1.54, 1.807) is 28.8 Å². The second-order valence-corrected chi connectivity index (χ2v) is 5.34. The number of nitrogens with zero attached hydrogens (tertiary/aromatic N) is 2. The number of imidazole rings is 1. The Balaban J connectivity index is 2.32. The lowest BCUT2D eigenvalue weighted by Gasteiger charge is -2.08. The summed E-state index contributed by atoms with van der Waals surface area (Å²) >= 11 is 17.7. The molecule has 3 rings (SSSR count). The first-order valence-corrected chi connectivity index (χ1v) is 7.07. The normalized spacial score (nSPS) is 11.2. The fourth-order valence-electron chi connectivity index (χ4n) is 2.10. The van der Waals surface area contributed by atoms with Crippen molar-refractivity contribution in [1.82, 2.24) is 9.55 Å². The van der Waals surface area contributed by atoms with Gasteiger partial charge in [-0.05, 0) is 36.4 Å². The van der Waals surface area contributed by atoms with Gasteiger partial charge >= 0.3 is 0 Å². The summed E-state index contributed by atoms with van der Waals surface area (Å²) in [6.45, 7) is 0. The highest BCUT2D eigenvalue weighted by atomic mass is 35.5. The smallest absolute Gasteiger partial charge is 0.143 e. The monoisotopic (exact) mass is 328 g/mol. The standard InChI is InChI=1S/C14H8Cl3FN2/c15-7-14-19-12-4-1-8(16)5-13(12)20(14)9-2-3-10(17)11(18)6-9/h1-6H,7H2. The molecule has 0 radical (unpaired) electrons. The second-order valence-electron chi connectivity index (χ2n) is 4.23.